The van der Waals surface area contributed by atoms with Crippen molar-refractivity contribution in [3.8, 4) is 0 Å². The third-order valence-corrected chi connectivity index (χ3v) is 4.50. The highest BCUT2D eigenvalue weighted by atomic mass is 14.9. The van der Waals surface area contributed by atoms with Crippen LogP contribution < -0.4 is 11.1 Å². The van der Waals surface area contributed by atoms with Gasteiger partial charge in [0.2, 0.25) is 0 Å². The van der Waals surface area contributed by atoms with Crippen molar-refractivity contribution in [2.24, 2.45) is 11.7 Å². The molecule has 2 saturated carbocycles. The standard InChI is InChI=1S/C14H28N2/c15-14(12-7-3-1-4-8-12)11-16-13-9-5-2-6-10-13/h12-14,16H,1-11,15H2. The smallest absolute Gasteiger partial charge is 0.0194 e. The van der Waals surface area contributed by atoms with Crippen LogP contribution in [0.1, 0.15) is 64.2 Å². The molecule has 0 aromatic rings. The van der Waals surface area contributed by atoms with Gasteiger partial charge in [-0.1, -0.05) is 38.5 Å². The number of hydrogen-bond donors (Lipinski definition) is 2. The van der Waals surface area contributed by atoms with E-state index in [-0.39, 0.29) is 0 Å². The van der Waals surface area contributed by atoms with E-state index in [2.05, 4.69) is 5.32 Å². The predicted octanol–water partition coefficient (Wildman–Crippen LogP) is 2.82. The first-order valence-electron chi connectivity index (χ1n) is 7.35. The summed E-state index contributed by atoms with van der Waals surface area (Å²) in [6.45, 7) is 1.05. The maximum Gasteiger partial charge on any atom is 0.0194 e. The van der Waals surface area contributed by atoms with Gasteiger partial charge >= 0.3 is 0 Å². The molecule has 1 unspecified atom stereocenters. The zero-order chi connectivity index (χ0) is 11.2. The highest BCUT2D eigenvalue weighted by molar-refractivity contribution is 4.81. The monoisotopic (exact) mass is 224 g/mol. The third kappa shape index (κ3) is 3.74. The van der Waals surface area contributed by atoms with Gasteiger partial charge in [0.15, 0.2) is 0 Å². The largest absolute Gasteiger partial charge is 0.326 e. The molecule has 94 valence electrons. The van der Waals surface area contributed by atoms with E-state index >= 15 is 0 Å². The van der Waals surface area contributed by atoms with Crippen LogP contribution in [0, 0.1) is 5.92 Å². The van der Waals surface area contributed by atoms with Gasteiger partial charge < -0.3 is 11.1 Å². The molecule has 0 amide bonds. The van der Waals surface area contributed by atoms with Gasteiger partial charge in [-0.3, -0.25) is 0 Å². The topological polar surface area (TPSA) is 38.0 Å². The van der Waals surface area contributed by atoms with Crippen molar-refractivity contribution in [1.82, 2.24) is 5.32 Å². The summed E-state index contributed by atoms with van der Waals surface area (Å²) in [6, 6.07) is 1.17. The van der Waals surface area contributed by atoms with E-state index in [4.69, 9.17) is 5.73 Å². The summed E-state index contributed by atoms with van der Waals surface area (Å²) in [6.07, 6.45) is 14.0. The second-order valence-electron chi connectivity index (χ2n) is 5.81. The van der Waals surface area contributed by atoms with E-state index in [0.717, 1.165) is 18.5 Å². The molecule has 16 heavy (non-hydrogen) atoms. The van der Waals surface area contributed by atoms with E-state index in [9.17, 15) is 0 Å². The Kier molecular flexibility index (Phi) is 5.11. The minimum absolute atomic E-state index is 0.405. The van der Waals surface area contributed by atoms with Crippen LogP contribution >= 0.6 is 0 Å². The van der Waals surface area contributed by atoms with Gasteiger partial charge in [-0.25, -0.2) is 0 Å². The fraction of sp³-hybridized carbons (Fsp3) is 1.00. The van der Waals surface area contributed by atoms with Crippen LogP contribution in [0.25, 0.3) is 0 Å². The van der Waals surface area contributed by atoms with Gasteiger partial charge in [0, 0.05) is 18.6 Å². The first-order chi connectivity index (χ1) is 7.86. The van der Waals surface area contributed by atoms with Crippen molar-refractivity contribution in [3.63, 3.8) is 0 Å². The van der Waals surface area contributed by atoms with Crippen molar-refractivity contribution in [3.05, 3.63) is 0 Å². The van der Waals surface area contributed by atoms with Gasteiger partial charge in [0.25, 0.3) is 0 Å². The summed E-state index contributed by atoms with van der Waals surface area (Å²) in [7, 11) is 0. The Morgan fingerprint density at radius 1 is 0.875 bits per heavy atom. The fourth-order valence-electron chi connectivity index (χ4n) is 3.34. The second-order valence-corrected chi connectivity index (χ2v) is 5.81. The van der Waals surface area contributed by atoms with Gasteiger partial charge in [0.1, 0.15) is 0 Å². The average Bonchev–Trinajstić information content (AvgIpc) is 2.38. The molecular weight excluding hydrogens is 196 g/mol. The van der Waals surface area contributed by atoms with E-state index < -0.39 is 0 Å². The summed E-state index contributed by atoms with van der Waals surface area (Å²) in [5.41, 5.74) is 6.30. The molecule has 0 heterocycles. The number of nitrogens with one attached hydrogen (secondary N) is 1. The van der Waals surface area contributed by atoms with E-state index in [1.165, 1.54) is 64.2 Å². The third-order valence-electron chi connectivity index (χ3n) is 4.50. The fourth-order valence-corrected chi connectivity index (χ4v) is 3.34. The van der Waals surface area contributed by atoms with Crippen LogP contribution in [0.5, 0.6) is 0 Å². The van der Waals surface area contributed by atoms with E-state index in [1.54, 1.807) is 0 Å². The zero-order valence-electron chi connectivity index (χ0n) is 10.6. The average molecular weight is 224 g/mol. The summed E-state index contributed by atoms with van der Waals surface area (Å²) in [5.74, 6) is 0.796. The summed E-state index contributed by atoms with van der Waals surface area (Å²) >= 11 is 0. The van der Waals surface area contributed by atoms with Gasteiger partial charge in [-0.15, -0.1) is 0 Å². The lowest BCUT2D eigenvalue weighted by Gasteiger charge is -2.30. The SMILES string of the molecule is NC(CNC1CCCCC1)C1CCCCC1. The Hall–Kier alpha value is -0.0800. The van der Waals surface area contributed by atoms with Crippen molar-refractivity contribution < 1.29 is 0 Å². The lowest BCUT2D eigenvalue weighted by atomic mass is 9.84. The minimum atomic E-state index is 0.405. The summed E-state index contributed by atoms with van der Waals surface area (Å²) < 4.78 is 0. The molecule has 0 aromatic carbocycles. The molecule has 0 bridgehead atoms. The van der Waals surface area contributed by atoms with E-state index in [0.29, 0.717) is 6.04 Å². The quantitative estimate of drug-likeness (QED) is 0.770. The van der Waals surface area contributed by atoms with Crippen molar-refractivity contribution >= 4 is 0 Å². The molecule has 0 aliphatic heterocycles. The Balaban J connectivity index is 1.63. The minimum Gasteiger partial charge on any atom is -0.326 e. The van der Waals surface area contributed by atoms with Crippen LogP contribution in [-0.2, 0) is 0 Å². The molecular formula is C14H28N2. The summed E-state index contributed by atoms with van der Waals surface area (Å²) in [4.78, 5) is 0. The molecule has 2 aliphatic carbocycles. The van der Waals surface area contributed by atoms with E-state index in [1.807, 2.05) is 0 Å². The maximum absolute atomic E-state index is 6.30. The Bertz CT molecular complexity index is 181. The Morgan fingerprint density at radius 3 is 2.06 bits per heavy atom. The highest BCUT2D eigenvalue weighted by Gasteiger charge is 2.21. The molecule has 2 heteroatoms. The van der Waals surface area contributed by atoms with Crippen molar-refractivity contribution in [2.45, 2.75) is 76.3 Å². The summed E-state index contributed by atoms with van der Waals surface area (Å²) in [5, 5.41) is 3.69. The van der Waals surface area contributed by atoms with Crippen LogP contribution in [0.4, 0.5) is 0 Å². The number of nitrogens with two attached hydrogens (primary N) is 1. The first-order valence-corrected chi connectivity index (χ1v) is 7.35. The Morgan fingerprint density at radius 2 is 1.44 bits per heavy atom. The second kappa shape index (κ2) is 6.61. The maximum atomic E-state index is 6.30. The molecule has 2 nitrogen and oxygen atoms in total. The predicted molar refractivity (Wildman–Crippen MR) is 69.4 cm³/mol. The van der Waals surface area contributed by atoms with Crippen molar-refractivity contribution in [2.75, 3.05) is 6.54 Å². The molecule has 3 N–H and O–H groups in total. The van der Waals surface area contributed by atoms with Crippen LogP contribution in [0.3, 0.4) is 0 Å². The van der Waals surface area contributed by atoms with Crippen LogP contribution in [0.2, 0.25) is 0 Å². The van der Waals surface area contributed by atoms with Gasteiger partial charge in [0.05, 0.1) is 0 Å². The lowest BCUT2D eigenvalue weighted by Crippen LogP contribution is -2.44. The number of hydrogen-bond acceptors (Lipinski definition) is 2. The van der Waals surface area contributed by atoms with Crippen LogP contribution in [0.15, 0.2) is 0 Å². The molecule has 0 radical (unpaired) electrons. The first kappa shape index (κ1) is 12.4. The molecule has 0 spiro atoms. The lowest BCUT2D eigenvalue weighted by molar-refractivity contribution is 0.280. The van der Waals surface area contributed by atoms with Gasteiger partial charge in [-0.2, -0.15) is 0 Å². The van der Waals surface area contributed by atoms with Gasteiger partial charge in [-0.05, 0) is 31.6 Å². The van der Waals surface area contributed by atoms with Crippen LogP contribution in [-0.4, -0.2) is 18.6 Å². The molecule has 0 aromatic heterocycles. The molecule has 0 saturated heterocycles. The molecule has 1 atom stereocenters. The highest BCUT2D eigenvalue weighted by Crippen LogP contribution is 2.25. The molecule has 2 rings (SSSR count). The number of rotatable bonds is 4. The normalized spacial score (nSPS) is 26.8. The van der Waals surface area contributed by atoms with Crippen molar-refractivity contribution in [1.29, 1.82) is 0 Å². The Labute approximate surface area is 100 Å². The molecule has 2 fully saturated rings. The zero-order valence-corrected chi connectivity index (χ0v) is 10.6. The molecule has 2 aliphatic rings.